The Labute approximate surface area is 32.8 Å². The highest BCUT2D eigenvalue weighted by molar-refractivity contribution is 3.91. The van der Waals surface area contributed by atoms with Crippen molar-refractivity contribution in [2.24, 2.45) is 5.84 Å². The number of rotatable bonds is 1. The molecular formula is H3N3O3. The molecule has 0 aromatic rings. The maximum Gasteiger partial charge on any atom is 0.204 e. The molecule has 0 saturated carbocycles. The number of nitrogens with zero attached hydrogens (tertiary/aromatic N) is 2. The zero-order chi connectivity index (χ0) is 5.15. The molecule has 6 heavy (non-hydrogen) atoms. The average Bonchev–Trinajstić information content (AvgIpc) is 1.36. The zero-order valence-corrected chi connectivity index (χ0v) is 2.74. The fourth-order valence-electron chi connectivity index (χ4n) is 0. The van der Waals surface area contributed by atoms with Crippen LogP contribution in [-0.2, 0) is 0 Å². The molecule has 36 valence electrons. The number of nitro groups is 1. The van der Waals surface area contributed by atoms with Crippen LogP contribution in [0, 0.1) is 10.1 Å². The molecule has 0 fully saturated rings. The highest BCUT2D eigenvalue weighted by Gasteiger charge is 1.96. The van der Waals surface area contributed by atoms with Crippen LogP contribution in [0.2, 0.25) is 0 Å². The van der Waals surface area contributed by atoms with Crippen molar-refractivity contribution in [3.8, 4) is 0 Å². The molecule has 0 unspecified atom stereocenters. The third-order valence-electron chi connectivity index (χ3n) is 0.167. The lowest BCUT2D eigenvalue weighted by atomic mass is 12.3. The van der Waals surface area contributed by atoms with Crippen LogP contribution in [0.3, 0.4) is 0 Å². The van der Waals surface area contributed by atoms with Crippen molar-refractivity contribution in [1.29, 1.82) is 0 Å². The number of hydrogen-bond donors (Lipinski definition) is 2. The molecule has 0 rings (SSSR count). The van der Waals surface area contributed by atoms with Gasteiger partial charge in [0, 0.05) is 0 Å². The van der Waals surface area contributed by atoms with Gasteiger partial charge in [0.15, 0.2) is 0 Å². The van der Waals surface area contributed by atoms with Crippen LogP contribution in [0.25, 0.3) is 0 Å². The highest BCUT2D eigenvalue weighted by Crippen LogP contribution is 1.61. The van der Waals surface area contributed by atoms with Crippen LogP contribution in [0.4, 0.5) is 0 Å². The molecule has 0 atom stereocenters. The van der Waals surface area contributed by atoms with Crippen molar-refractivity contribution < 1.29 is 10.2 Å². The molecule has 6 heteroatoms. The Morgan fingerprint density at radius 1 is 2.00 bits per heavy atom. The van der Waals surface area contributed by atoms with Crippen LogP contribution in [0.15, 0.2) is 0 Å². The Kier molecular flexibility index (Phi) is 1.31. The average molecular weight is 93.0 g/mol. The zero-order valence-electron chi connectivity index (χ0n) is 2.74. The van der Waals surface area contributed by atoms with E-state index in [9.17, 15) is 0 Å². The van der Waals surface area contributed by atoms with E-state index in [4.69, 9.17) is 15.3 Å². The first-order valence-corrected chi connectivity index (χ1v) is 1.02. The van der Waals surface area contributed by atoms with E-state index in [0.717, 1.165) is 0 Å². The quantitative estimate of drug-likeness (QED) is 0.240. The third-order valence-corrected chi connectivity index (χ3v) is 0.167. The monoisotopic (exact) mass is 93.0 g/mol. The van der Waals surface area contributed by atoms with Gasteiger partial charge < -0.3 is 0 Å². The largest absolute Gasteiger partial charge is 0.232 e. The highest BCUT2D eigenvalue weighted by atomic mass is 16.8. The van der Waals surface area contributed by atoms with Gasteiger partial charge in [0.1, 0.15) is 0 Å². The predicted octanol–water partition coefficient (Wildman–Crippen LogP) is -1.26. The smallest absolute Gasteiger partial charge is 0.204 e. The molecule has 3 N–H and O–H groups in total. The van der Waals surface area contributed by atoms with E-state index in [1.807, 2.05) is 0 Å². The van der Waals surface area contributed by atoms with Gasteiger partial charge in [-0.2, -0.15) is 5.84 Å². The molecule has 0 aromatic heterocycles. The molecule has 0 saturated heterocycles. The van der Waals surface area contributed by atoms with Gasteiger partial charge >= 0.3 is 0 Å². The summed E-state index contributed by atoms with van der Waals surface area (Å²) in [6.45, 7) is 0. The maximum absolute atomic E-state index is 9.06. The first-order chi connectivity index (χ1) is 2.64. The molecule has 0 aliphatic carbocycles. The fraction of sp³-hybridized carbons (Fsp3) is 0. The Bertz CT molecular complexity index is 57.1. The Balaban J connectivity index is 3.26. The van der Waals surface area contributed by atoms with Gasteiger partial charge in [-0.3, -0.25) is 0 Å². The summed E-state index contributed by atoms with van der Waals surface area (Å²) in [4.78, 5) is 9.06. The van der Waals surface area contributed by atoms with Gasteiger partial charge in [0.25, 0.3) is 0 Å². The summed E-state index contributed by atoms with van der Waals surface area (Å²) in [5.74, 6) is 4.12. The van der Waals surface area contributed by atoms with E-state index in [0.29, 0.717) is 0 Å². The SMILES string of the molecule is NN(O)[N+](=O)[O-]. The van der Waals surface area contributed by atoms with Crippen molar-refractivity contribution in [1.82, 2.24) is 5.28 Å². The Morgan fingerprint density at radius 3 is 2.17 bits per heavy atom. The maximum atomic E-state index is 9.06. The summed E-state index contributed by atoms with van der Waals surface area (Å²) in [5.41, 5.74) is 0. The first kappa shape index (κ1) is 5.12. The number of hydrazine groups is 2. The second-order valence-corrected chi connectivity index (χ2v) is 0.558. The molecule has 0 aliphatic heterocycles. The van der Waals surface area contributed by atoms with Gasteiger partial charge in [-0.1, -0.05) is 0 Å². The minimum absolute atomic E-state index is 0.611. The van der Waals surface area contributed by atoms with Crippen molar-refractivity contribution in [2.75, 3.05) is 0 Å². The second-order valence-electron chi connectivity index (χ2n) is 0.558. The normalized spacial score (nSPS) is 7.67. The van der Waals surface area contributed by atoms with E-state index in [-0.39, 0.29) is 0 Å². The minimum Gasteiger partial charge on any atom is -0.232 e. The predicted molar refractivity (Wildman–Crippen MR) is 14.8 cm³/mol. The van der Waals surface area contributed by atoms with Crippen molar-refractivity contribution in [2.45, 2.75) is 0 Å². The van der Waals surface area contributed by atoms with Gasteiger partial charge in [0.2, 0.25) is 5.03 Å². The molecule has 0 spiro atoms. The van der Waals surface area contributed by atoms with Gasteiger partial charge in [0.05, 0.1) is 5.28 Å². The number of hydrogen-bond acceptors (Lipinski definition) is 4. The van der Waals surface area contributed by atoms with Crippen molar-refractivity contribution in [3.05, 3.63) is 10.1 Å². The van der Waals surface area contributed by atoms with Crippen LogP contribution in [-0.4, -0.2) is 15.5 Å². The van der Waals surface area contributed by atoms with Crippen LogP contribution in [0.5, 0.6) is 0 Å². The lowest BCUT2D eigenvalue weighted by Gasteiger charge is -1.90. The molecule has 0 heterocycles. The number of nitrogens with two attached hydrogens (primary N) is 1. The van der Waals surface area contributed by atoms with E-state index in [1.165, 1.54) is 0 Å². The summed E-state index contributed by atoms with van der Waals surface area (Å²) in [6, 6.07) is 0. The third kappa shape index (κ3) is 1.44. The summed E-state index contributed by atoms with van der Waals surface area (Å²) in [6.07, 6.45) is 0. The van der Waals surface area contributed by atoms with E-state index >= 15 is 0 Å². The molecule has 0 aromatic carbocycles. The van der Waals surface area contributed by atoms with E-state index in [2.05, 4.69) is 5.84 Å². The Morgan fingerprint density at radius 2 is 2.17 bits per heavy atom. The standard InChI is InChI=1S/H3N3O3/c1-2(4)3(5)6/h4H,1H2. The van der Waals surface area contributed by atoms with Gasteiger partial charge in [-0.15, -0.1) is 0 Å². The first-order valence-electron chi connectivity index (χ1n) is 1.02. The van der Waals surface area contributed by atoms with Gasteiger partial charge in [-0.05, 0) is 0 Å². The molecule has 0 aliphatic rings. The lowest BCUT2D eigenvalue weighted by Crippen LogP contribution is -2.32. The summed E-state index contributed by atoms with van der Waals surface area (Å²) >= 11 is 0. The molecule has 0 amide bonds. The van der Waals surface area contributed by atoms with E-state index in [1.54, 1.807) is 0 Å². The molecule has 0 radical (unpaired) electrons. The fourth-order valence-corrected chi connectivity index (χ4v) is 0. The van der Waals surface area contributed by atoms with Crippen molar-refractivity contribution >= 4 is 0 Å². The summed E-state index contributed by atoms with van der Waals surface area (Å²) in [7, 11) is 0. The topological polar surface area (TPSA) is 92.6 Å². The summed E-state index contributed by atoms with van der Waals surface area (Å²) in [5, 5.41) is 14.8. The van der Waals surface area contributed by atoms with Crippen LogP contribution < -0.4 is 5.84 Å². The van der Waals surface area contributed by atoms with Crippen LogP contribution in [0.1, 0.15) is 0 Å². The Hall–Kier alpha value is -0.880. The molecule has 6 nitrogen and oxygen atoms in total. The van der Waals surface area contributed by atoms with Crippen LogP contribution >= 0.6 is 0 Å². The second kappa shape index (κ2) is 1.53. The molecular weight excluding hydrogens is 90.0 g/mol. The summed E-state index contributed by atoms with van der Waals surface area (Å²) < 4.78 is 0. The van der Waals surface area contributed by atoms with Gasteiger partial charge in [-0.25, -0.2) is 15.3 Å². The van der Waals surface area contributed by atoms with Crippen molar-refractivity contribution in [3.63, 3.8) is 0 Å². The molecule has 0 bridgehead atoms. The minimum atomic E-state index is -1.17. The lowest BCUT2D eigenvalue weighted by molar-refractivity contribution is -0.732. The van der Waals surface area contributed by atoms with E-state index < -0.39 is 10.3 Å².